The molecule has 2 aromatic heterocycles. The number of nitrogens with zero attached hydrogens (tertiary/aromatic N) is 2. The maximum atomic E-state index is 12.6. The number of hydrogen-bond acceptors (Lipinski definition) is 2. The topological polar surface area (TPSA) is 46.9 Å². The quantitative estimate of drug-likeness (QED) is 0.609. The second kappa shape index (κ2) is 5.25. The van der Waals surface area contributed by atoms with E-state index in [2.05, 4.69) is 10.3 Å². The minimum absolute atomic E-state index is 0.118. The molecule has 0 saturated heterocycles. The molecule has 4 heteroatoms. The van der Waals surface area contributed by atoms with Gasteiger partial charge in [-0.1, -0.05) is 6.07 Å². The number of carbonyl (C=O) groups is 1. The number of aryl methyl sites for hydroxylation is 1. The molecule has 4 aromatic rings. The van der Waals surface area contributed by atoms with Crippen LogP contribution in [-0.4, -0.2) is 15.5 Å². The van der Waals surface area contributed by atoms with Crippen LogP contribution in [-0.2, 0) is 7.05 Å². The first-order valence-corrected chi connectivity index (χ1v) is 7.42. The summed E-state index contributed by atoms with van der Waals surface area (Å²) in [4.78, 5) is 16.9. The molecule has 1 amide bonds. The molecule has 23 heavy (non-hydrogen) atoms. The fourth-order valence-corrected chi connectivity index (χ4v) is 2.83. The molecule has 0 fully saturated rings. The van der Waals surface area contributed by atoms with E-state index in [0.717, 1.165) is 27.5 Å². The molecular weight excluding hydrogens is 286 g/mol. The number of amides is 1. The highest BCUT2D eigenvalue weighted by molar-refractivity contribution is 6.09. The summed E-state index contributed by atoms with van der Waals surface area (Å²) in [5.41, 5.74) is 3.39. The Morgan fingerprint density at radius 1 is 1.09 bits per heavy atom. The number of hydrogen-bond donors (Lipinski definition) is 1. The van der Waals surface area contributed by atoms with Crippen molar-refractivity contribution in [2.45, 2.75) is 0 Å². The van der Waals surface area contributed by atoms with Gasteiger partial charge in [-0.05, 0) is 48.5 Å². The lowest BCUT2D eigenvalue weighted by Gasteiger charge is -2.08. The van der Waals surface area contributed by atoms with Crippen molar-refractivity contribution in [3.05, 3.63) is 72.6 Å². The van der Waals surface area contributed by atoms with E-state index in [9.17, 15) is 4.79 Å². The molecule has 0 radical (unpaired) electrons. The smallest absolute Gasteiger partial charge is 0.255 e. The highest BCUT2D eigenvalue weighted by atomic mass is 16.1. The van der Waals surface area contributed by atoms with E-state index >= 15 is 0 Å². The van der Waals surface area contributed by atoms with E-state index in [1.165, 1.54) is 0 Å². The second-order valence-corrected chi connectivity index (χ2v) is 5.53. The summed E-state index contributed by atoms with van der Waals surface area (Å²) >= 11 is 0. The molecule has 2 aromatic carbocycles. The predicted molar refractivity (Wildman–Crippen MR) is 92.6 cm³/mol. The molecule has 0 atom stereocenters. The number of benzene rings is 2. The van der Waals surface area contributed by atoms with Gasteiger partial charge in [-0.2, -0.15) is 0 Å². The monoisotopic (exact) mass is 301 g/mol. The number of pyridine rings is 1. The van der Waals surface area contributed by atoms with Gasteiger partial charge in [0.15, 0.2) is 0 Å². The number of nitrogens with one attached hydrogen (secondary N) is 1. The van der Waals surface area contributed by atoms with Crippen LogP contribution in [0, 0.1) is 0 Å². The molecule has 0 aliphatic carbocycles. The SMILES string of the molecule is Cn1ccc2cc(C(=O)Nc3cccc4ncccc34)ccc21. The van der Waals surface area contributed by atoms with Crippen LogP contribution in [0.15, 0.2) is 67.0 Å². The number of carbonyl (C=O) groups excluding carboxylic acids is 1. The molecular formula is C19H15N3O. The Labute approximate surface area is 133 Å². The van der Waals surface area contributed by atoms with Crippen LogP contribution in [0.2, 0.25) is 0 Å². The third kappa shape index (κ3) is 2.34. The first kappa shape index (κ1) is 13.5. The average Bonchev–Trinajstić information content (AvgIpc) is 2.96. The molecule has 1 N–H and O–H groups in total. The molecule has 112 valence electrons. The van der Waals surface area contributed by atoms with Gasteiger partial charge in [0.2, 0.25) is 0 Å². The molecule has 0 aliphatic heterocycles. The Kier molecular flexibility index (Phi) is 3.08. The van der Waals surface area contributed by atoms with E-state index in [1.807, 2.05) is 72.4 Å². The molecule has 0 spiro atoms. The Balaban J connectivity index is 1.70. The molecule has 4 rings (SSSR count). The molecule has 2 heterocycles. The highest BCUT2D eigenvalue weighted by Crippen LogP contribution is 2.23. The van der Waals surface area contributed by atoms with Crippen molar-refractivity contribution >= 4 is 33.4 Å². The summed E-state index contributed by atoms with van der Waals surface area (Å²) in [6.07, 6.45) is 3.74. The Morgan fingerprint density at radius 3 is 2.91 bits per heavy atom. The van der Waals surface area contributed by atoms with Crippen molar-refractivity contribution in [2.24, 2.45) is 7.05 Å². The fraction of sp³-hybridized carbons (Fsp3) is 0.0526. The van der Waals surface area contributed by atoms with Crippen molar-refractivity contribution in [1.29, 1.82) is 0 Å². The largest absolute Gasteiger partial charge is 0.351 e. The summed E-state index contributed by atoms with van der Waals surface area (Å²) in [6.45, 7) is 0. The van der Waals surface area contributed by atoms with Gasteiger partial charge in [0.05, 0.1) is 11.2 Å². The van der Waals surface area contributed by atoms with Crippen molar-refractivity contribution in [3.8, 4) is 0 Å². The third-order valence-electron chi connectivity index (χ3n) is 4.04. The summed E-state index contributed by atoms with van der Waals surface area (Å²) in [5, 5.41) is 4.98. The van der Waals surface area contributed by atoms with Crippen molar-refractivity contribution < 1.29 is 4.79 Å². The van der Waals surface area contributed by atoms with Crippen LogP contribution in [0.3, 0.4) is 0 Å². The summed E-state index contributed by atoms with van der Waals surface area (Å²) in [5.74, 6) is -0.118. The predicted octanol–water partition coefficient (Wildman–Crippen LogP) is 3.98. The number of anilines is 1. The van der Waals surface area contributed by atoms with Crippen LogP contribution < -0.4 is 5.32 Å². The van der Waals surface area contributed by atoms with Crippen molar-refractivity contribution in [3.63, 3.8) is 0 Å². The first-order chi connectivity index (χ1) is 11.2. The number of aromatic nitrogens is 2. The van der Waals surface area contributed by atoms with E-state index in [4.69, 9.17) is 0 Å². The molecule has 0 saturated carbocycles. The zero-order valence-electron chi connectivity index (χ0n) is 12.7. The highest BCUT2D eigenvalue weighted by Gasteiger charge is 2.10. The minimum atomic E-state index is -0.118. The summed E-state index contributed by atoms with van der Waals surface area (Å²) in [6, 6.07) is 17.3. The van der Waals surface area contributed by atoms with Gasteiger partial charge in [0.25, 0.3) is 5.91 Å². The van der Waals surface area contributed by atoms with Crippen molar-refractivity contribution in [2.75, 3.05) is 5.32 Å². The lowest BCUT2D eigenvalue weighted by molar-refractivity contribution is 0.102. The standard InChI is InChI=1S/C19H15N3O/c1-22-11-9-13-12-14(7-8-18(13)22)19(23)21-17-6-2-5-16-15(17)4-3-10-20-16/h2-12H,1H3,(H,21,23). The van der Waals surface area contributed by atoms with E-state index < -0.39 is 0 Å². The van der Waals surface area contributed by atoms with Crippen LogP contribution in [0.5, 0.6) is 0 Å². The van der Waals surface area contributed by atoms with Gasteiger partial charge in [-0.15, -0.1) is 0 Å². The van der Waals surface area contributed by atoms with E-state index in [1.54, 1.807) is 6.20 Å². The van der Waals surface area contributed by atoms with Crippen LogP contribution >= 0.6 is 0 Å². The van der Waals surface area contributed by atoms with Crippen LogP contribution in [0.25, 0.3) is 21.8 Å². The van der Waals surface area contributed by atoms with Gasteiger partial charge in [0, 0.05) is 41.3 Å². The minimum Gasteiger partial charge on any atom is -0.351 e. The Bertz CT molecular complexity index is 1030. The maximum Gasteiger partial charge on any atom is 0.255 e. The van der Waals surface area contributed by atoms with Gasteiger partial charge in [-0.25, -0.2) is 0 Å². The zero-order valence-corrected chi connectivity index (χ0v) is 12.7. The van der Waals surface area contributed by atoms with Crippen LogP contribution in [0.1, 0.15) is 10.4 Å². The zero-order chi connectivity index (χ0) is 15.8. The van der Waals surface area contributed by atoms with Crippen LogP contribution in [0.4, 0.5) is 5.69 Å². The molecule has 0 bridgehead atoms. The lowest BCUT2D eigenvalue weighted by Crippen LogP contribution is -2.12. The summed E-state index contributed by atoms with van der Waals surface area (Å²) in [7, 11) is 1.99. The fourth-order valence-electron chi connectivity index (χ4n) is 2.83. The van der Waals surface area contributed by atoms with Gasteiger partial charge < -0.3 is 9.88 Å². The van der Waals surface area contributed by atoms with Gasteiger partial charge in [0.1, 0.15) is 0 Å². The molecule has 4 nitrogen and oxygen atoms in total. The normalized spacial score (nSPS) is 11.0. The summed E-state index contributed by atoms with van der Waals surface area (Å²) < 4.78 is 2.04. The Hall–Kier alpha value is -3.14. The van der Waals surface area contributed by atoms with Gasteiger partial charge in [-0.3, -0.25) is 9.78 Å². The van der Waals surface area contributed by atoms with Gasteiger partial charge >= 0.3 is 0 Å². The third-order valence-corrected chi connectivity index (χ3v) is 4.04. The molecule has 0 unspecified atom stereocenters. The van der Waals surface area contributed by atoms with E-state index in [0.29, 0.717) is 5.56 Å². The lowest BCUT2D eigenvalue weighted by atomic mass is 10.1. The number of fused-ring (bicyclic) bond motifs is 2. The van der Waals surface area contributed by atoms with E-state index in [-0.39, 0.29) is 5.91 Å². The first-order valence-electron chi connectivity index (χ1n) is 7.42. The van der Waals surface area contributed by atoms with Crippen molar-refractivity contribution in [1.82, 2.24) is 9.55 Å². The molecule has 0 aliphatic rings. The Morgan fingerprint density at radius 2 is 2.00 bits per heavy atom. The maximum absolute atomic E-state index is 12.6. The average molecular weight is 301 g/mol. The second-order valence-electron chi connectivity index (χ2n) is 5.53. The number of rotatable bonds is 2.